The lowest BCUT2D eigenvalue weighted by Crippen LogP contribution is -2.12. The molecule has 2 aromatic carbocycles. The number of nitrogens with zero attached hydrogens (tertiary/aromatic N) is 1. The van der Waals surface area contributed by atoms with Crippen LogP contribution in [0.2, 0.25) is 10.0 Å². The zero-order valence-corrected chi connectivity index (χ0v) is 13.0. The SMILES string of the molecule is COc1cccc(Nc2nc3c(Cl)ccc(Cl)c3c(=O)[nH]2)c1. The van der Waals surface area contributed by atoms with Gasteiger partial charge in [-0.1, -0.05) is 29.3 Å². The molecular formula is C15H11Cl2N3O2. The number of anilines is 2. The molecule has 1 aromatic heterocycles. The molecule has 0 radical (unpaired) electrons. The van der Waals surface area contributed by atoms with E-state index in [1.54, 1.807) is 25.3 Å². The molecule has 0 aliphatic rings. The number of aromatic amines is 1. The molecule has 3 rings (SSSR count). The van der Waals surface area contributed by atoms with Crippen LogP contribution in [0.1, 0.15) is 0 Å². The predicted molar refractivity (Wildman–Crippen MR) is 88.7 cm³/mol. The van der Waals surface area contributed by atoms with Crippen LogP contribution in [-0.2, 0) is 0 Å². The van der Waals surface area contributed by atoms with E-state index in [0.29, 0.717) is 21.3 Å². The van der Waals surface area contributed by atoms with Gasteiger partial charge in [-0.05, 0) is 24.3 Å². The highest BCUT2D eigenvalue weighted by Gasteiger charge is 2.11. The summed E-state index contributed by atoms with van der Waals surface area (Å²) in [5.41, 5.74) is 0.714. The van der Waals surface area contributed by atoms with Gasteiger partial charge in [-0.2, -0.15) is 0 Å². The van der Waals surface area contributed by atoms with Crippen LogP contribution in [0.3, 0.4) is 0 Å². The highest BCUT2D eigenvalue weighted by Crippen LogP contribution is 2.27. The standard InChI is InChI=1S/C15H11Cl2N3O2/c1-22-9-4-2-3-8(7-9)18-15-19-13-11(17)6-5-10(16)12(13)14(21)20-15/h2-7H,1H3,(H2,18,19,20,21). The fourth-order valence-corrected chi connectivity index (χ4v) is 2.51. The van der Waals surface area contributed by atoms with Gasteiger partial charge in [0.2, 0.25) is 5.95 Å². The molecule has 2 N–H and O–H groups in total. The predicted octanol–water partition coefficient (Wildman–Crippen LogP) is 3.98. The molecule has 0 aliphatic carbocycles. The average Bonchev–Trinajstić information content (AvgIpc) is 2.51. The smallest absolute Gasteiger partial charge is 0.261 e. The Morgan fingerprint density at radius 1 is 1.18 bits per heavy atom. The zero-order chi connectivity index (χ0) is 15.7. The van der Waals surface area contributed by atoms with Crippen molar-refractivity contribution in [1.29, 1.82) is 0 Å². The van der Waals surface area contributed by atoms with E-state index in [1.165, 1.54) is 0 Å². The monoisotopic (exact) mass is 335 g/mol. The molecule has 112 valence electrons. The lowest BCUT2D eigenvalue weighted by atomic mass is 10.2. The summed E-state index contributed by atoms with van der Waals surface area (Å²) in [5, 5.41) is 3.95. The molecular weight excluding hydrogens is 325 g/mol. The number of aromatic nitrogens is 2. The molecule has 7 heteroatoms. The molecule has 0 amide bonds. The Kier molecular flexibility index (Phi) is 3.92. The Balaban J connectivity index is 2.08. The molecule has 22 heavy (non-hydrogen) atoms. The van der Waals surface area contributed by atoms with Gasteiger partial charge in [-0.25, -0.2) is 4.98 Å². The minimum absolute atomic E-state index is 0.269. The summed E-state index contributed by atoms with van der Waals surface area (Å²) in [6, 6.07) is 10.4. The molecule has 0 saturated heterocycles. The highest BCUT2D eigenvalue weighted by molar-refractivity contribution is 6.39. The maximum Gasteiger partial charge on any atom is 0.261 e. The molecule has 1 heterocycles. The van der Waals surface area contributed by atoms with E-state index >= 15 is 0 Å². The average molecular weight is 336 g/mol. The van der Waals surface area contributed by atoms with Crippen LogP contribution in [0.5, 0.6) is 5.75 Å². The largest absolute Gasteiger partial charge is 0.497 e. The van der Waals surface area contributed by atoms with Gasteiger partial charge >= 0.3 is 0 Å². The van der Waals surface area contributed by atoms with E-state index in [9.17, 15) is 4.79 Å². The van der Waals surface area contributed by atoms with Crippen molar-refractivity contribution in [3.05, 3.63) is 56.8 Å². The van der Waals surface area contributed by atoms with Gasteiger partial charge in [0, 0.05) is 11.8 Å². The van der Waals surface area contributed by atoms with Crippen molar-refractivity contribution in [3.8, 4) is 5.75 Å². The lowest BCUT2D eigenvalue weighted by molar-refractivity contribution is 0.415. The Labute approximate surface area is 135 Å². The van der Waals surface area contributed by atoms with Crippen LogP contribution < -0.4 is 15.6 Å². The number of hydrogen-bond donors (Lipinski definition) is 2. The van der Waals surface area contributed by atoms with Crippen molar-refractivity contribution in [2.75, 3.05) is 12.4 Å². The minimum Gasteiger partial charge on any atom is -0.497 e. The molecule has 5 nitrogen and oxygen atoms in total. The third-order valence-corrected chi connectivity index (χ3v) is 3.71. The first kappa shape index (κ1) is 14.7. The summed E-state index contributed by atoms with van der Waals surface area (Å²) in [6.45, 7) is 0. The third kappa shape index (κ3) is 2.73. The Hall–Kier alpha value is -2.24. The number of H-pyrrole nitrogens is 1. The van der Waals surface area contributed by atoms with Crippen molar-refractivity contribution in [3.63, 3.8) is 0 Å². The van der Waals surface area contributed by atoms with E-state index in [1.807, 2.05) is 18.2 Å². The number of ether oxygens (including phenoxy) is 1. The fourth-order valence-electron chi connectivity index (χ4n) is 2.07. The quantitative estimate of drug-likeness (QED) is 0.759. The topological polar surface area (TPSA) is 67.0 Å². The second-order valence-electron chi connectivity index (χ2n) is 4.52. The summed E-state index contributed by atoms with van der Waals surface area (Å²) < 4.78 is 5.15. The van der Waals surface area contributed by atoms with E-state index in [4.69, 9.17) is 27.9 Å². The number of nitrogens with one attached hydrogen (secondary N) is 2. The van der Waals surface area contributed by atoms with Gasteiger partial charge in [0.1, 0.15) is 5.75 Å². The van der Waals surface area contributed by atoms with E-state index in [2.05, 4.69) is 15.3 Å². The molecule has 0 unspecified atom stereocenters. The number of rotatable bonds is 3. The van der Waals surface area contributed by atoms with Crippen molar-refractivity contribution in [2.24, 2.45) is 0 Å². The maximum atomic E-state index is 12.2. The molecule has 0 saturated carbocycles. The summed E-state index contributed by atoms with van der Waals surface area (Å²) in [7, 11) is 1.58. The molecule has 0 bridgehead atoms. The van der Waals surface area contributed by atoms with Gasteiger partial charge in [-0.15, -0.1) is 0 Å². The number of hydrogen-bond acceptors (Lipinski definition) is 4. The zero-order valence-electron chi connectivity index (χ0n) is 11.5. The summed E-state index contributed by atoms with van der Waals surface area (Å²) in [6.07, 6.45) is 0. The first-order valence-corrected chi connectivity index (χ1v) is 7.13. The van der Waals surface area contributed by atoms with Crippen LogP contribution in [-0.4, -0.2) is 17.1 Å². The summed E-state index contributed by atoms with van der Waals surface area (Å²) in [4.78, 5) is 19.1. The van der Waals surface area contributed by atoms with Gasteiger partial charge in [0.25, 0.3) is 5.56 Å². The van der Waals surface area contributed by atoms with E-state index in [-0.39, 0.29) is 16.9 Å². The normalized spacial score (nSPS) is 10.7. The van der Waals surface area contributed by atoms with Gasteiger partial charge in [0.05, 0.1) is 28.1 Å². The Bertz CT molecular complexity index is 909. The molecule has 0 atom stereocenters. The number of fused-ring (bicyclic) bond motifs is 1. The Morgan fingerprint density at radius 2 is 1.95 bits per heavy atom. The molecule has 0 aliphatic heterocycles. The highest BCUT2D eigenvalue weighted by atomic mass is 35.5. The first-order chi connectivity index (χ1) is 10.6. The number of methoxy groups -OCH3 is 1. The number of benzene rings is 2. The van der Waals surface area contributed by atoms with Crippen molar-refractivity contribution in [2.45, 2.75) is 0 Å². The first-order valence-electron chi connectivity index (χ1n) is 6.37. The maximum absolute atomic E-state index is 12.2. The van der Waals surface area contributed by atoms with E-state index < -0.39 is 0 Å². The lowest BCUT2D eigenvalue weighted by Gasteiger charge is -2.09. The van der Waals surface area contributed by atoms with Crippen molar-refractivity contribution in [1.82, 2.24) is 9.97 Å². The fraction of sp³-hybridized carbons (Fsp3) is 0.0667. The van der Waals surface area contributed by atoms with Crippen LogP contribution in [0.4, 0.5) is 11.6 Å². The van der Waals surface area contributed by atoms with Gasteiger partial charge < -0.3 is 10.1 Å². The second kappa shape index (κ2) is 5.87. The summed E-state index contributed by atoms with van der Waals surface area (Å²) in [5.74, 6) is 0.962. The minimum atomic E-state index is -0.358. The molecule has 0 spiro atoms. The Morgan fingerprint density at radius 3 is 2.73 bits per heavy atom. The third-order valence-electron chi connectivity index (χ3n) is 3.09. The number of halogens is 2. The van der Waals surface area contributed by atoms with Crippen LogP contribution >= 0.6 is 23.2 Å². The van der Waals surface area contributed by atoms with Gasteiger partial charge in [-0.3, -0.25) is 9.78 Å². The van der Waals surface area contributed by atoms with Crippen LogP contribution in [0.15, 0.2) is 41.2 Å². The van der Waals surface area contributed by atoms with Crippen LogP contribution in [0.25, 0.3) is 10.9 Å². The van der Waals surface area contributed by atoms with Crippen molar-refractivity contribution >= 4 is 45.7 Å². The van der Waals surface area contributed by atoms with Crippen LogP contribution in [0, 0.1) is 0 Å². The van der Waals surface area contributed by atoms with Gasteiger partial charge in [0.15, 0.2) is 0 Å². The molecule has 3 aromatic rings. The summed E-state index contributed by atoms with van der Waals surface area (Å²) >= 11 is 12.1. The van der Waals surface area contributed by atoms with Crippen molar-refractivity contribution < 1.29 is 4.74 Å². The molecule has 0 fully saturated rings. The second-order valence-corrected chi connectivity index (χ2v) is 5.34. The van der Waals surface area contributed by atoms with E-state index in [0.717, 1.165) is 5.69 Å².